The predicted octanol–water partition coefficient (Wildman–Crippen LogP) is 3.79. The molecule has 0 spiro atoms. The second kappa shape index (κ2) is 9.82. The maximum atomic E-state index is 5.18. The number of ether oxygens (including phenoxy) is 2. The lowest BCUT2D eigenvalue weighted by Gasteiger charge is -2.05. The van der Waals surface area contributed by atoms with E-state index in [0.717, 1.165) is 28.7 Å². The van der Waals surface area contributed by atoms with Crippen LogP contribution in [0.2, 0.25) is 0 Å². The van der Waals surface area contributed by atoms with Gasteiger partial charge in [-0.05, 0) is 60.0 Å². The SMILES string of the molecule is COc1ccc(PCCCCPc2ccc(OC)cc2)cc1. The highest BCUT2D eigenvalue weighted by Gasteiger charge is 1.97. The molecule has 0 aliphatic rings. The molecule has 2 aromatic carbocycles. The Hall–Kier alpha value is -1.10. The van der Waals surface area contributed by atoms with E-state index in [1.54, 1.807) is 14.2 Å². The van der Waals surface area contributed by atoms with Gasteiger partial charge in [-0.3, -0.25) is 0 Å². The second-order valence-electron chi connectivity index (χ2n) is 5.02. The first-order chi connectivity index (χ1) is 10.8. The van der Waals surface area contributed by atoms with Crippen molar-refractivity contribution in [2.24, 2.45) is 0 Å². The summed E-state index contributed by atoms with van der Waals surface area (Å²) in [6.45, 7) is 0. The van der Waals surface area contributed by atoms with Gasteiger partial charge in [-0.25, -0.2) is 0 Å². The van der Waals surface area contributed by atoms with Crippen molar-refractivity contribution in [1.82, 2.24) is 0 Å². The van der Waals surface area contributed by atoms with Crippen molar-refractivity contribution >= 4 is 27.8 Å². The summed E-state index contributed by atoms with van der Waals surface area (Å²) in [4.78, 5) is 0. The number of rotatable bonds is 9. The molecule has 0 amide bonds. The number of methoxy groups -OCH3 is 2. The number of hydrogen-bond donors (Lipinski definition) is 0. The van der Waals surface area contributed by atoms with E-state index in [1.807, 2.05) is 24.3 Å². The summed E-state index contributed by atoms with van der Waals surface area (Å²) in [7, 11) is 5.24. The molecule has 0 aliphatic carbocycles. The minimum Gasteiger partial charge on any atom is -0.497 e. The van der Waals surface area contributed by atoms with Crippen molar-refractivity contribution in [3.63, 3.8) is 0 Å². The molecule has 0 saturated heterocycles. The fourth-order valence-electron chi connectivity index (χ4n) is 2.13. The highest BCUT2D eigenvalue weighted by Crippen LogP contribution is 2.19. The summed E-state index contributed by atoms with van der Waals surface area (Å²) in [5.74, 6) is 1.88. The van der Waals surface area contributed by atoms with Crippen LogP contribution in [0.3, 0.4) is 0 Å². The van der Waals surface area contributed by atoms with Gasteiger partial charge in [0.15, 0.2) is 0 Å². The van der Waals surface area contributed by atoms with E-state index < -0.39 is 0 Å². The topological polar surface area (TPSA) is 18.5 Å². The number of unbranched alkanes of at least 4 members (excludes halogenated alkanes) is 1. The largest absolute Gasteiger partial charge is 0.497 e. The molecule has 22 heavy (non-hydrogen) atoms. The third kappa shape index (κ3) is 5.95. The third-order valence-corrected chi connectivity index (χ3v) is 6.13. The van der Waals surface area contributed by atoms with E-state index >= 15 is 0 Å². The van der Waals surface area contributed by atoms with Crippen LogP contribution in [0, 0.1) is 0 Å². The van der Waals surface area contributed by atoms with Gasteiger partial charge in [-0.2, -0.15) is 0 Å². The normalized spacial score (nSPS) is 11.5. The molecule has 0 aromatic heterocycles. The van der Waals surface area contributed by atoms with Crippen LogP contribution in [0.4, 0.5) is 0 Å². The van der Waals surface area contributed by atoms with E-state index in [4.69, 9.17) is 9.47 Å². The zero-order chi connectivity index (χ0) is 15.6. The third-order valence-electron chi connectivity index (χ3n) is 3.44. The molecule has 0 radical (unpaired) electrons. The highest BCUT2D eigenvalue weighted by atomic mass is 31.1. The molecule has 0 saturated carbocycles. The van der Waals surface area contributed by atoms with E-state index in [0.29, 0.717) is 0 Å². The molecule has 2 unspecified atom stereocenters. The van der Waals surface area contributed by atoms with Crippen molar-refractivity contribution in [2.45, 2.75) is 12.8 Å². The van der Waals surface area contributed by atoms with E-state index in [9.17, 15) is 0 Å². The molecule has 0 bridgehead atoms. The molecule has 0 N–H and O–H groups in total. The zero-order valence-electron chi connectivity index (χ0n) is 13.3. The second-order valence-corrected chi connectivity index (χ2v) is 7.88. The van der Waals surface area contributed by atoms with Gasteiger partial charge < -0.3 is 9.47 Å². The molecule has 2 atom stereocenters. The van der Waals surface area contributed by atoms with Crippen molar-refractivity contribution in [3.05, 3.63) is 48.5 Å². The van der Waals surface area contributed by atoms with Crippen LogP contribution in [0.15, 0.2) is 48.5 Å². The van der Waals surface area contributed by atoms with Gasteiger partial charge in [0.25, 0.3) is 0 Å². The molecule has 4 heteroatoms. The first kappa shape index (κ1) is 17.3. The first-order valence-electron chi connectivity index (χ1n) is 7.57. The molecule has 2 aromatic rings. The maximum Gasteiger partial charge on any atom is 0.118 e. The number of hydrogen-bond acceptors (Lipinski definition) is 2. The maximum absolute atomic E-state index is 5.18. The average molecular weight is 334 g/mol. The van der Waals surface area contributed by atoms with Gasteiger partial charge in [0.2, 0.25) is 0 Å². The van der Waals surface area contributed by atoms with E-state index in [2.05, 4.69) is 24.3 Å². The molecule has 0 aliphatic heterocycles. The standard InChI is InChI=1S/C18H24O2P2/c1-19-15-5-9-17(10-6-15)21-13-3-4-14-22-18-11-7-16(20-2)8-12-18/h5-12,21-22H,3-4,13-14H2,1-2H3. The van der Waals surface area contributed by atoms with Gasteiger partial charge in [-0.15, -0.1) is 0 Å². The molecule has 0 heterocycles. The summed E-state index contributed by atoms with van der Waals surface area (Å²) in [6, 6.07) is 16.9. The lowest BCUT2D eigenvalue weighted by atomic mass is 10.3. The highest BCUT2D eigenvalue weighted by molar-refractivity contribution is 7.47. The molecule has 0 fully saturated rings. The monoisotopic (exact) mass is 334 g/mol. The minimum absolute atomic E-state index is 0.909. The number of benzene rings is 2. The van der Waals surface area contributed by atoms with Gasteiger partial charge in [0.05, 0.1) is 14.2 Å². The Balaban J connectivity index is 1.58. The lowest BCUT2D eigenvalue weighted by Crippen LogP contribution is -1.97. The Morgan fingerprint density at radius 3 is 1.32 bits per heavy atom. The van der Waals surface area contributed by atoms with Crippen molar-refractivity contribution in [1.29, 1.82) is 0 Å². The van der Waals surface area contributed by atoms with Gasteiger partial charge in [0, 0.05) is 0 Å². The Morgan fingerprint density at radius 2 is 1.00 bits per heavy atom. The Morgan fingerprint density at radius 1 is 0.636 bits per heavy atom. The fourth-order valence-corrected chi connectivity index (χ4v) is 4.37. The van der Waals surface area contributed by atoms with Crippen LogP contribution in [0.5, 0.6) is 11.5 Å². The van der Waals surface area contributed by atoms with Crippen LogP contribution in [0.1, 0.15) is 12.8 Å². The van der Waals surface area contributed by atoms with Crippen molar-refractivity contribution in [2.75, 3.05) is 26.5 Å². The van der Waals surface area contributed by atoms with E-state index in [-0.39, 0.29) is 0 Å². The smallest absolute Gasteiger partial charge is 0.118 e. The summed E-state index contributed by atoms with van der Waals surface area (Å²) in [6.07, 6.45) is 5.21. The summed E-state index contributed by atoms with van der Waals surface area (Å²) in [5, 5.41) is 2.86. The first-order valence-corrected chi connectivity index (χ1v) is 9.99. The molecular formula is C18H24O2P2. The Labute approximate surface area is 137 Å². The summed E-state index contributed by atoms with van der Waals surface area (Å²) in [5.41, 5.74) is 0. The lowest BCUT2D eigenvalue weighted by molar-refractivity contribution is 0.415. The summed E-state index contributed by atoms with van der Waals surface area (Å²) >= 11 is 0. The van der Waals surface area contributed by atoms with E-state index in [1.165, 1.54) is 35.8 Å². The Bertz CT molecular complexity index is 487. The fraction of sp³-hybridized carbons (Fsp3) is 0.333. The minimum atomic E-state index is 0.909. The van der Waals surface area contributed by atoms with Gasteiger partial charge >= 0.3 is 0 Å². The van der Waals surface area contributed by atoms with Crippen LogP contribution in [0.25, 0.3) is 0 Å². The van der Waals surface area contributed by atoms with Gasteiger partial charge in [-0.1, -0.05) is 41.4 Å². The van der Waals surface area contributed by atoms with Crippen LogP contribution >= 0.6 is 17.2 Å². The quantitative estimate of drug-likeness (QED) is 0.513. The molecule has 118 valence electrons. The predicted molar refractivity (Wildman–Crippen MR) is 101 cm³/mol. The van der Waals surface area contributed by atoms with Crippen LogP contribution in [-0.4, -0.2) is 26.5 Å². The van der Waals surface area contributed by atoms with Crippen molar-refractivity contribution in [3.8, 4) is 11.5 Å². The molecule has 2 rings (SSSR count). The Kier molecular flexibility index (Phi) is 7.71. The van der Waals surface area contributed by atoms with Gasteiger partial charge in [0.1, 0.15) is 11.5 Å². The molecular weight excluding hydrogens is 310 g/mol. The summed E-state index contributed by atoms with van der Waals surface area (Å²) < 4.78 is 10.4. The van der Waals surface area contributed by atoms with Crippen LogP contribution in [-0.2, 0) is 0 Å². The molecule has 2 nitrogen and oxygen atoms in total. The van der Waals surface area contributed by atoms with Crippen LogP contribution < -0.4 is 20.1 Å². The van der Waals surface area contributed by atoms with Crippen molar-refractivity contribution < 1.29 is 9.47 Å². The average Bonchev–Trinajstić information content (AvgIpc) is 2.59. The zero-order valence-corrected chi connectivity index (χ0v) is 15.3.